The Morgan fingerprint density at radius 1 is 1.00 bits per heavy atom. The highest BCUT2D eigenvalue weighted by Crippen LogP contribution is 2.22. The third-order valence-corrected chi connectivity index (χ3v) is 4.69. The largest absolute Gasteiger partial charge is 0.491 e. The summed E-state index contributed by atoms with van der Waals surface area (Å²) in [5.41, 5.74) is 2.14. The minimum absolute atomic E-state index is 0.0472. The molecule has 1 heterocycles. The Balaban J connectivity index is 1.63. The fraction of sp³-hybridized carbons (Fsp3) is 0.136. The highest BCUT2D eigenvalue weighted by Gasteiger charge is 2.05. The third kappa shape index (κ3) is 6.56. The molecule has 0 aliphatic rings. The van der Waals surface area contributed by atoms with Crippen molar-refractivity contribution in [2.45, 2.75) is 0 Å². The zero-order valence-corrected chi connectivity index (χ0v) is 17.5. The summed E-state index contributed by atoms with van der Waals surface area (Å²) < 4.78 is 46.1. The van der Waals surface area contributed by atoms with Crippen molar-refractivity contribution in [2.75, 3.05) is 19.5 Å². The molecule has 3 aromatic rings. The number of aromatic nitrogens is 1. The molecule has 0 radical (unpaired) electrons. The Kier molecular flexibility index (Phi) is 7.06. The van der Waals surface area contributed by atoms with Crippen LogP contribution in [0.2, 0.25) is 5.02 Å². The first-order chi connectivity index (χ1) is 14.3. The van der Waals surface area contributed by atoms with E-state index in [2.05, 4.69) is 21.0 Å². The predicted molar refractivity (Wildman–Crippen MR) is 113 cm³/mol. The van der Waals surface area contributed by atoms with Gasteiger partial charge in [-0.15, -0.1) is 0 Å². The number of hydrogen-bond donors (Lipinski definition) is 0. The highest BCUT2D eigenvalue weighted by atomic mass is 35.5. The van der Waals surface area contributed by atoms with Gasteiger partial charge in [0.2, 0.25) is 0 Å². The quantitative estimate of drug-likeness (QED) is 0.321. The van der Waals surface area contributed by atoms with E-state index in [4.69, 9.17) is 16.3 Å². The minimum atomic E-state index is -3.48. The van der Waals surface area contributed by atoms with Crippen molar-refractivity contribution in [3.05, 3.63) is 82.9 Å². The van der Waals surface area contributed by atoms with Gasteiger partial charge in [-0.3, -0.25) is 4.18 Å². The van der Waals surface area contributed by atoms with Crippen LogP contribution in [-0.4, -0.2) is 32.9 Å². The van der Waals surface area contributed by atoms with E-state index >= 15 is 0 Å². The minimum Gasteiger partial charge on any atom is -0.491 e. The van der Waals surface area contributed by atoms with Gasteiger partial charge in [-0.05, 0) is 53.9 Å². The van der Waals surface area contributed by atoms with Gasteiger partial charge >= 0.3 is 0 Å². The molecule has 0 aliphatic heterocycles. The molecular weight excluding hydrogens is 429 g/mol. The first-order valence-corrected chi connectivity index (χ1v) is 11.0. The molecule has 0 atom stereocenters. The van der Waals surface area contributed by atoms with Gasteiger partial charge in [0, 0.05) is 22.3 Å². The fourth-order valence-corrected chi connectivity index (χ4v) is 2.94. The van der Waals surface area contributed by atoms with E-state index in [1.807, 2.05) is 0 Å². The smallest absolute Gasteiger partial charge is 0.264 e. The van der Waals surface area contributed by atoms with Crippen LogP contribution in [0.4, 0.5) is 4.39 Å². The normalized spacial score (nSPS) is 10.9. The van der Waals surface area contributed by atoms with Crippen LogP contribution in [0, 0.1) is 17.7 Å². The lowest BCUT2D eigenvalue weighted by atomic mass is 10.1. The second-order valence-electron chi connectivity index (χ2n) is 6.21. The van der Waals surface area contributed by atoms with Crippen molar-refractivity contribution in [1.29, 1.82) is 0 Å². The summed E-state index contributed by atoms with van der Waals surface area (Å²) in [7, 11) is -3.48. The van der Waals surface area contributed by atoms with E-state index in [0.29, 0.717) is 21.9 Å². The standard InChI is InChI=1S/C22H17ClFNO4S/c1-30(26,27)29-13-12-28-20-9-2-16(3-10-20)4-11-22-21(24)14-18(15-25-22)17-5-7-19(23)8-6-17/h2-3,5-10,14-15H,12-13H2,1H3. The number of nitrogens with zero attached hydrogens (tertiary/aromatic N) is 1. The maximum absolute atomic E-state index is 14.4. The van der Waals surface area contributed by atoms with Crippen molar-refractivity contribution >= 4 is 21.7 Å². The third-order valence-electron chi connectivity index (χ3n) is 3.85. The number of ether oxygens (including phenoxy) is 1. The van der Waals surface area contributed by atoms with Gasteiger partial charge < -0.3 is 4.74 Å². The van der Waals surface area contributed by atoms with Gasteiger partial charge in [-0.25, -0.2) is 9.37 Å². The molecule has 1 aromatic heterocycles. The van der Waals surface area contributed by atoms with Crippen molar-refractivity contribution in [3.63, 3.8) is 0 Å². The Bertz CT molecular complexity index is 1180. The molecule has 8 heteroatoms. The van der Waals surface area contributed by atoms with Crippen molar-refractivity contribution in [1.82, 2.24) is 4.98 Å². The average Bonchev–Trinajstić information content (AvgIpc) is 2.71. The average molecular weight is 446 g/mol. The molecule has 0 saturated heterocycles. The van der Waals surface area contributed by atoms with Crippen LogP contribution >= 0.6 is 11.6 Å². The zero-order valence-electron chi connectivity index (χ0n) is 15.9. The van der Waals surface area contributed by atoms with Crippen LogP contribution in [0.1, 0.15) is 11.3 Å². The zero-order chi connectivity index (χ0) is 21.6. The maximum atomic E-state index is 14.4. The Morgan fingerprint density at radius 2 is 1.70 bits per heavy atom. The highest BCUT2D eigenvalue weighted by molar-refractivity contribution is 7.85. The summed E-state index contributed by atoms with van der Waals surface area (Å²) in [6.45, 7) is 0.0184. The molecule has 0 bridgehead atoms. The van der Waals surface area contributed by atoms with Crippen LogP contribution in [0.3, 0.4) is 0 Å². The Morgan fingerprint density at radius 3 is 2.33 bits per heavy atom. The lowest BCUT2D eigenvalue weighted by Crippen LogP contribution is -2.11. The van der Waals surface area contributed by atoms with Gasteiger partial charge in [-0.1, -0.05) is 29.7 Å². The summed E-state index contributed by atoms with van der Waals surface area (Å²) in [5.74, 6) is 5.60. The summed E-state index contributed by atoms with van der Waals surface area (Å²) in [6.07, 6.45) is 2.54. The molecule has 0 aliphatic carbocycles. The van der Waals surface area contributed by atoms with Gasteiger partial charge in [-0.2, -0.15) is 8.42 Å². The van der Waals surface area contributed by atoms with Crippen LogP contribution < -0.4 is 4.74 Å². The van der Waals surface area contributed by atoms with Crippen molar-refractivity contribution < 1.29 is 21.7 Å². The summed E-state index contributed by atoms with van der Waals surface area (Å²) in [4.78, 5) is 4.11. The number of halogens is 2. The summed E-state index contributed by atoms with van der Waals surface area (Å²) >= 11 is 5.87. The predicted octanol–water partition coefficient (Wildman–Crippen LogP) is 4.30. The molecule has 0 amide bonds. The molecule has 0 saturated carbocycles. The molecule has 0 spiro atoms. The lowest BCUT2D eigenvalue weighted by molar-refractivity contribution is 0.222. The Hall–Kier alpha value is -2.92. The van der Waals surface area contributed by atoms with Gasteiger partial charge in [0.05, 0.1) is 6.26 Å². The second kappa shape index (κ2) is 9.72. The fourth-order valence-electron chi connectivity index (χ4n) is 2.44. The van der Waals surface area contributed by atoms with E-state index in [-0.39, 0.29) is 18.9 Å². The summed E-state index contributed by atoms with van der Waals surface area (Å²) in [6, 6.07) is 15.2. The molecule has 0 N–H and O–H groups in total. The van der Waals surface area contributed by atoms with Crippen LogP contribution in [0.5, 0.6) is 5.75 Å². The van der Waals surface area contributed by atoms with Crippen LogP contribution in [0.15, 0.2) is 60.8 Å². The number of hydrogen-bond acceptors (Lipinski definition) is 5. The number of benzene rings is 2. The van der Waals surface area contributed by atoms with Gasteiger partial charge in [0.15, 0.2) is 5.82 Å². The van der Waals surface area contributed by atoms with E-state index in [0.717, 1.165) is 11.8 Å². The number of rotatable bonds is 6. The van der Waals surface area contributed by atoms with Crippen molar-refractivity contribution in [3.8, 4) is 28.7 Å². The molecule has 30 heavy (non-hydrogen) atoms. The monoisotopic (exact) mass is 445 g/mol. The first-order valence-electron chi connectivity index (χ1n) is 8.81. The molecule has 0 unspecified atom stereocenters. The van der Waals surface area contributed by atoms with E-state index in [9.17, 15) is 12.8 Å². The van der Waals surface area contributed by atoms with E-state index < -0.39 is 15.9 Å². The van der Waals surface area contributed by atoms with Crippen LogP contribution in [0.25, 0.3) is 11.1 Å². The molecule has 0 fully saturated rings. The lowest BCUT2D eigenvalue weighted by Gasteiger charge is -2.05. The SMILES string of the molecule is CS(=O)(=O)OCCOc1ccc(C#Cc2ncc(-c3ccc(Cl)cc3)cc2F)cc1. The maximum Gasteiger partial charge on any atom is 0.264 e. The van der Waals surface area contributed by atoms with Crippen LogP contribution in [-0.2, 0) is 14.3 Å². The van der Waals surface area contributed by atoms with Gasteiger partial charge in [0.25, 0.3) is 10.1 Å². The van der Waals surface area contributed by atoms with Gasteiger partial charge in [0.1, 0.15) is 24.7 Å². The second-order valence-corrected chi connectivity index (χ2v) is 8.29. The molecule has 154 valence electrons. The molecular formula is C22H17ClFNO4S. The van der Waals surface area contributed by atoms with E-state index in [1.54, 1.807) is 54.7 Å². The van der Waals surface area contributed by atoms with E-state index in [1.165, 1.54) is 6.07 Å². The number of pyridine rings is 1. The topological polar surface area (TPSA) is 65.5 Å². The molecule has 2 aromatic carbocycles. The van der Waals surface area contributed by atoms with Crippen molar-refractivity contribution in [2.24, 2.45) is 0 Å². The molecule has 5 nitrogen and oxygen atoms in total. The Labute approximate surface area is 179 Å². The molecule has 3 rings (SSSR count). The first kappa shape index (κ1) is 21.8. The summed E-state index contributed by atoms with van der Waals surface area (Å²) in [5, 5.41) is 0.605.